The van der Waals surface area contributed by atoms with Crippen molar-refractivity contribution in [3.63, 3.8) is 0 Å². The van der Waals surface area contributed by atoms with Gasteiger partial charge in [-0.15, -0.1) is 0 Å². The number of nitrogens with one attached hydrogen (secondary N) is 2. The van der Waals surface area contributed by atoms with Crippen LogP contribution in [0.3, 0.4) is 0 Å². The number of benzene rings is 1. The maximum absolute atomic E-state index is 3.73. The molecular formula is C16H28N2. The summed E-state index contributed by atoms with van der Waals surface area (Å²) in [6.45, 7) is 5.45. The molecule has 0 aliphatic heterocycles. The van der Waals surface area contributed by atoms with Crippen LogP contribution in [0.25, 0.3) is 0 Å². The van der Waals surface area contributed by atoms with Crippen LogP contribution in [0.15, 0.2) is 24.3 Å². The highest BCUT2D eigenvalue weighted by molar-refractivity contribution is 5.51. The van der Waals surface area contributed by atoms with Gasteiger partial charge in [-0.3, -0.25) is 0 Å². The van der Waals surface area contributed by atoms with Crippen LogP contribution in [0, 0.1) is 0 Å². The second kappa shape index (κ2) is 8.98. The van der Waals surface area contributed by atoms with Gasteiger partial charge in [0.15, 0.2) is 0 Å². The van der Waals surface area contributed by atoms with Crippen molar-refractivity contribution in [2.45, 2.75) is 58.5 Å². The van der Waals surface area contributed by atoms with Crippen LogP contribution < -0.4 is 10.6 Å². The molecule has 1 rings (SSSR count). The van der Waals surface area contributed by atoms with Crippen LogP contribution in [0.4, 0.5) is 5.69 Å². The first-order valence-electron chi connectivity index (χ1n) is 7.30. The minimum absolute atomic E-state index is 0.618. The number of rotatable bonds is 9. The maximum Gasteiger partial charge on any atom is 0.0387 e. The number of anilines is 1. The molecule has 0 saturated heterocycles. The smallest absolute Gasteiger partial charge is 0.0387 e. The zero-order valence-corrected chi connectivity index (χ0v) is 12.1. The molecule has 102 valence electrons. The van der Waals surface area contributed by atoms with Crippen molar-refractivity contribution in [1.82, 2.24) is 5.32 Å². The number of unbranched alkanes of at least 4 members (excludes halogenated alkanes) is 1. The Morgan fingerprint density at radius 1 is 1.06 bits per heavy atom. The van der Waals surface area contributed by atoms with Gasteiger partial charge >= 0.3 is 0 Å². The second-order valence-corrected chi connectivity index (χ2v) is 4.96. The van der Waals surface area contributed by atoms with Crippen LogP contribution in [0.5, 0.6) is 0 Å². The SMILES string of the molecule is CCCCC(CCC)Nc1ccccc1CNC. The molecule has 0 heterocycles. The van der Waals surface area contributed by atoms with Crippen molar-refractivity contribution >= 4 is 5.69 Å². The Morgan fingerprint density at radius 3 is 2.50 bits per heavy atom. The number of hydrogen-bond acceptors (Lipinski definition) is 2. The van der Waals surface area contributed by atoms with E-state index in [1.54, 1.807) is 0 Å². The van der Waals surface area contributed by atoms with Crippen molar-refractivity contribution in [2.75, 3.05) is 12.4 Å². The predicted molar refractivity (Wildman–Crippen MR) is 81.0 cm³/mol. The van der Waals surface area contributed by atoms with Gasteiger partial charge in [0, 0.05) is 18.3 Å². The van der Waals surface area contributed by atoms with Crippen LogP contribution in [0.2, 0.25) is 0 Å². The van der Waals surface area contributed by atoms with E-state index in [0.717, 1.165) is 6.54 Å². The molecule has 1 atom stereocenters. The Hall–Kier alpha value is -1.02. The Bertz CT molecular complexity index is 323. The van der Waals surface area contributed by atoms with E-state index in [4.69, 9.17) is 0 Å². The molecule has 1 unspecified atom stereocenters. The highest BCUT2D eigenvalue weighted by atomic mass is 14.9. The molecule has 0 fully saturated rings. The minimum atomic E-state index is 0.618. The van der Waals surface area contributed by atoms with E-state index in [2.05, 4.69) is 48.7 Å². The second-order valence-electron chi connectivity index (χ2n) is 4.96. The molecule has 0 aliphatic rings. The Morgan fingerprint density at radius 2 is 1.83 bits per heavy atom. The molecule has 0 aromatic heterocycles. The molecule has 0 bridgehead atoms. The summed E-state index contributed by atoms with van der Waals surface area (Å²) in [7, 11) is 2.00. The topological polar surface area (TPSA) is 24.1 Å². The third-order valence-electron chi connectivity index (χ3n) is 3.29. The highest BCUT2D eigenvalue weighted by Crippen LogP contribution is 2.19. The van der Waals surface area contributed by atoms with E-state index in [1.165, 1.54) is 43.4 Å². The van der Waals surface area contributed by atoms with Crippen molar-refractivity contribution in [2.24, 2.45) is 0 Å². The Balaban J connectivity index is 2.66. The summed E-state index contributed by atoms with van der Waals surface area (Å²) in [4.78, 5) is 0. The van der Waals surface area contributed by atoms with E-state index >= 15 is 0 Å². The van der Waals surface area contributed by atoms with E-state index < -0.39 is 0 Å². The molecule has 18 heavy (non-hydrogen) atoms. The van der Waals surface area contributed by atoms with E-state index in [-0.39, 0.29) is 0 Å². The third-order valence-corrected chi connectivity index (χ3v) is 3.29. The van der Waals surface area contributed by atoms with Crippen LogP contribution in [-0.4, -0.2) is 13.1 Å². The fourth-order valence-corrected chi connectivity index (χ4v) is 2.31. The standard InChI is InChI=1S/C16H28N2/c1-4-6-11-15(9-5-2)18-16-12-8-7-10-14(16)13-17-3/h7-8,10,12,15,17-18H,4-6,9,11,13H2,1-3H3. The van der Waals surface area contributed by atoms with Crippen molar-refractivity contribution in [3.05, 3.63) is 29.8 Å². The number of para-hydroxylation sites is 1. The summed E-state index contributed by atoms with van der Waals surface area (Å²) in [5.74, 6) is 0. The maximum atomic E-state index is 3.73. The Kier molecular flexibility index (Phi) is 7.51. The molecule has 0 radical (unpaired) electrons. The van der Waals surface area contributed by atoms with Crippen molar-refractivity contribution < 1.29 is 0 Å². The summed E-state index contributed by atoms with van der Waals surface area (Å²) in [5, 5.41) is 6.96. The van der Waals surface area contributed by atoms with Gasteiger partial charge in [0.05, 0.1) is 0 Å². The van der Waals surface area contributed by atoms with Gasteiger partial charge in [0.25, 0.3) is 0 Å². The first-order chi connectivity index (χ1) is 8.81. The van der Waals surface area contributed by atoms with Crippen molar-refractivity contribution in [1.29, 1.82) is 0 Å². The fourth-order valence-electron chi connectivity index (χ4n) is 2.31. The molecule has 2 heteroatoms. The van der Waals surface area contributed by atoms with Gasteiger partial charge < -0.3 is 10.6 Å². The normalized spacial score (nSPS) is 12.4. The molecule has 0 saturated carbocycles. The lowest BCUT2D eigenvalue weighted by molar-refractivity contribution is 0.563. The van der Waals surface area contributed by atoms with Gasteiger partial charge in [-0.2, -0.15) is 0 Å². The molecule has 2 N–H and O–H groups in total. The quantitative estimate of drug-likeness (QED) is 0.685. The number of hydrogen-bond donors (Lipinski definition) is 2. The molecular weight excluding hydrogens is 220 g/mol. The monoisotopic (exact) mass is 248 g/mol. The van der Waals surface area contributed by atoms with Gasteiger partial charge in [0.2, 0.25) is 0 Å². The molecule has 1 aromatic rings. The lowest BCUT2D eigenvalue weighted by atomic mass is 10.0. The van der Waals surface area contributed by atoms with Crippen LogP contribution in [0.1, 0.15) is 51.5 Å². The molecule has 0 spiro atoms. The Labute approximate surface area is 112 Å². The molecule has 0 aliphatic carbocycles. The van der Waals surface area contributed by atoms with E-state index in [9.17, 15) is 0 Å². The lowest BCUT2D eigenvalue weighted by Crippen LogP contribution is -2.20. The summed E-state index contributed by atoms with van der Waals surface area (Å²) < 4.78 is 0. The van der Waals surface area contributed by atoms with Crippen LogP contribution in [-0.2, 0) is 6.54 Å². The van der Waals surface area contributed by atoms with Gasteiger partial charge in [-0.1, -0.05) is 51.3 Å². The molecule has 2 nitrogen and oxygen atoms in total. The first-order valence-corrected chi connectivity index (χ1v) is 7.30. The minimum Gasteiger partial charge on any atom is -0.382 e. The fraction of sp³-hybridized carbons (Fsp3) is 0.625. The zero-order chi connectivity index (χ0) is 13.2. The first kappa shape index (κ1) is 15.0. The summed E-state index contributed by atoms with van der Waals surface area (Å²) in [6, 6.07) is 9.24. The molecule has 0 amide bonds. The summed E-state index contributed by atoms with van der Waals surface area (Å²) >= 11 is 0. The van der Waals surface area contributed by atoms with Gasteiger partial charge in [-0.05, 0) is 31.5 Å². The largest absolute Gasteiger partial charge is 0.382 e. The van der Waals surface area contributed by atoms with E-state index in [1.807, 2.05) is 7.05 Å². The molecule has 1 aromatic carbocycles. The lowest BCUT2D eigenvalue weighted by Gasteiger charge is -2.21. The summed E-state index contributed by atoms with van der Waals surface area (Å²) in [6.07, 6.45) is 6.37. The van der Waals surface area contributed by atoms with Gasteiger partial charge in [-0.25, -0.2) is 0 Å². The third kappa shape index (κ3) is 5.09. The average molecular weight is 248 g/mol. The van der Waals surface area contributed by atoms with E-state index in [0.29, 0.717) is 6.04 Å². The summed E-state index contributed by atoms with van der Waals surface area (Å²) in [5.41, 5.74) is 2.65. The van der Waals surface area contributed by atoms with Gasteiger partial charge in [0.1, 0.15) is 0 Å². The zero-order valence-electron chi connectivity index (χ0n) is 12.1. The average Bonchev–Trinajstić information content (AvgIpc) is 2.39. The van der Waals surface area contributed by atoms with Crippen molar-refractivity contribution in [3.8, 4) is 0 Å². The predicted octanol–water partition coefficient (Wildman–Crippen LogP) is 4.18. The van der Waals surface area contributed by atoms with Crippen LogP contribution >= 0.6 is 0 Å². The highest BCUT2D eigenvalue weighted by Gasteiger charge is 2.09.